The Hall–Kier alpha value is -2.30. The van der Waals surface area contributed by atoms with Crippen LogP contribution in [0.1, 0.15) is 0 Å². The quantitative estimate of drug-likeness (QED) is 0.808. The number of nitrogens with zero attached hydrogens (tertiary/aromatic N) is 2. The fraction of sp³-hybridized carbons (Fsp3) is 0.0909. The molecule has 0 aliphatic rings. The van der Waals surface area contributed by atoms with Gasteiger partial charge in [-0.25, -0.2) is 0 Å². The van der Waals surface area contributed by atoms with Gasteiger partial charge in [-0.15, -0.1) is 0 Å². The van der Waals surface area contributed by atoms with Gasteiger partial charge >= 0.3 is 0 Å². The molecule has 0 spiro atoms. The number of rotatable bonds is 2. The van der Waals surface area contributed by atoms with Gasteiger partial charge in [0.1, 0.15) is 17.8 Å². The Labute approximate surface area is 92.1 Å². The number of anilines is 1. The van der Waals surface area contributed by atoms with Crippen LogP contribution in [0.25, 0.3) is 5.69 Å². The highest BCUT2D eigenvalue weighted by atomic mass is 16.5. The van der Waals surface area contributed by atoms with Crippen molar-refractivity contribution >= 4 is 5.69 Å². The van der Waals surface area contributed by atoms with Crippen molar-refractivity contribution in [3.63, 3.8) is 0 Å². The van der Waals surface area contributed by atoms with Gasteiger partial charge in [-0.1, -0.05) is 0 Å². The summed E-state index contributed by atoms with van der Waals surface area (Å²) in [6.07, 6.45) is 2.97. The third kappa shape index (κ3) is 1.88. The molecule has 0 atom stereocenters. The number of aromatic nitrogens is 2. The van der Waals surface area contributed by atoms with E-state index in [2.05, 4.69) is 4.98 Å². The Kier molecular flexibility index (Phi) is 2.59. The zero-order valence-corrected chi connectivity index (χ0v) is 8.75. The van der Waals surface area contributed by atoms with Crippen LogP contribution in [0.15, 0.2) is 41.6 Å². The average Bonchev–Trinajstić information content (AvgIpc) is 2.33. The lowest BCUT2D eigenvalue weighted by molar-refractivity contribution is 0.414. The van der Waals surface area contributed by atoms with Crippen molar-refractivity contribution in [3.05, 3.63) is 47.1 Å². The van der Waals surface area contributed by atoms with Gasteiger partial charge in [-0.05, 0) is 24.3 Å². The van der Waals surface area contributed by atoms with Crippen LogP contribution in [0.4, 0.5) is 5.69 Å². The largest absolute Gasteiger partial charge is 0.497 e. The topological polar surface area (TPSA) is 70.1 Å². The number of benzene rings is 1. The first-order valence-corrected chi connectivity index (χ1v) is 4.69. The third-order valence-electron chi connectivity index (χ3n) is 2.20. The number of hydrogen-bond donors (Lipinski definition) is 1. The second-order valence-corrected chi connectivity index (χ2v) is 3.24. The highest BCUT2D eigenvalue weighted by Gasteiger charge is 1.99. The summed E-state index contributed by atoms with van der Waals surface area (Å²) < 4.78 is 6.73. The van der Waals surface area contributed by atoms with Crippen molar-refractivity contribution in [1.82, 2.24) is 9.55 Å². The molecule has 2 aromatic rings. The second kappa shape index (κ2) is 4.06. The zero-order chi connectivity index (χ0) is 11.5. The first-order valence-electron chi connectivity index (χ1n) is 4.69. The van der Waals surface area contributed by atoms with E-state index in [4.69, 9.17) is 10.5 Å². The van der Waals surface area contributed by atoms with E-state index in [9.17, 15) is 4.79 Å². The van der Waals surface area contributed by atoms with E-state index in [0.29, 0.717) is 0 Å². The molecule has 16 heavy (non-hydrogen) atoms. The molecule has 5 nitrogen and oxygen atoms in total. The summed E-state index contributed by atoms with van der Waals surface area (Å²) in [4.78, 5) is 14.7. The molecule has 1 aromatic carbocycles. The smallest absolute Gasteiger partial charge is 0.295 e. The Morgan fingerprint density at radius 3 is 2.56 bits per heavy atom. The molecule has 82 valence electrons. The van der Waals surface area contributed by atoms with E-state index in [-0.39, 0.29) is 5.69 Å². The molecule has 0 aliphatic carbocycles. The highest BCUT2D eigenvalue weighted by molar-refractivity contribution is 5.40. The van der Waals surface area contributed by atoms with Crippen LogP contribution in [-0.2, 0) is 0 Å². The van der Waals surface area contributed by atoms with Crippen molar-refractivity contribution in [1.29, 1.82) is 0 Å². The van der Waals surface area contributed by atoms with E-state index >= 15 is 0 Å². The highest BCUT2D eigenvalue weighted by Crippen LogP contribution is 2.14. The van der Waals surface area contributed by atoms with Gasteiger partial charge in [0.25, 0.3) is 5.56 Å². The second-order valence-electron chi connectivity index (χ2n) is 3.24. The molecule has 5 heteroatoms. The number of nitrogen functional groups attached to an aromatic ring is 1. The Balaban J connectivity index is 2.42. The molecular formula is C11H11N3O2. The molecule has 0 amide bonds. The summed E-state index contributed by atoms with van der Waals surface area (Å²) >= 11 is 0. The maximum Gasteiger partial charge on any atom is 0.295 e. The van der Waals surface area contributed by atoms with E-state index in [1.54, 1.807) is 11.7 Å². The normalized spacial score (nSPS) is 10.1. The third-order valence-corrected chi connectivity index (χ3v) is 2.20. The standard InChI is InChI=1S/C11H11N3O2/c1-16-9-4-2-8(3-5-9)14-6-10(12)11(15)13-7-14/h2-7H,12H2,1H3. The van der Waals surface area contributed by atoms with Gasteiger partial charge in [-0.3, -0.25) is 4.79 Å². The van der Waals surface area contributed by atoms with Crippen LogP contribution in [0, 0.1) is 0 Å². The van der Waals surface area contributed by atoms with Gasteiger partial charge in [0.15, 0.2) is 0 Å². The van der Waals surface area contributed by atoms with E-state index in [1.807, 2.05) is 24.3 Å². The SMILES string of the molecule is COc1ccc(-n2cnc(=O)c(N)c2)cc1. The first-order chi connectivity index (χ1) is 7.70. The summed E-state index contributed by atoms with van der Waals surface area (Å²) in [5, 5.41) is 0. The summed E-state index contributed by atoms with van der Waals surface area (Å²) in [7, 11) is 1.61. The molecule has 2 rings (SSSR count). The maximum atomic E-state index is 11.0. The van der Waals surface area contributed by atoms with Crippen molar-refractivity contribution in [2.75, 3.05) is 12.8 Å². The number of hydrogen-bond acceptors (Lipinski definition) is 4. The molecule has 2 N–H and O–H groups in total. The summed E-state index contributed by atoms with van der Waals surface area (Å²) in [6, 6.07) is 7.35. The minimum atomic E-state index is -0.412. The fourth-order valence-electron chi connectivity index (χ4n) is 1.32. The van der Waals surface area contributed by atoms with Crippen molar-refractivity contribution in [2.45, 2.75) is 0 Å². The monoisotopic (exact) mass is 217 g/mol. The Morgan fingerprint density at radius 1 is 1.31 bits per heavy atom. The summed E-state index contributed by atoms with van der Waals surface area (Å²) in [5.74, 6) is 0.769. The Morgan fingerprint density at radius 2 is 2.00 bits per heavy atom. The molecule has 0 unspecified atom stereocenters. The van der Waals surface area contributed by atoms with E-state index < -0.39 is 5.56 Å². The van der Waals surface area contributed by atoms with Gasteiger partial charge in [0.05, 0.1) is 7.11 Å². The zero-order valence-electron chi connectivity index (χ0n) is 8.75. The number of methoxy groups -OCH3 is 1. The van der Waals surface area contributed by atoms with Crippen LogP contribution in [-0.4, -0.2) is 16.7 Å². The van der Waals surface area contributed by atoms with Crippen LogP contribution in [0.3, 0.4) is 0 Å². The minimum absolute atomic E-state index is 0.123. The molecular weight excluding hydrogens is 206 g/mol. The first kappa shape index (κ1) is 10.2. The molecule has 0 fully saturated rings. The predicted octanol–water partition coefficient (Wildman–Crippen LogP) is 0.823. The van der Waals surface area contributed by atoms with Crippen molar-refractivity contribution < 1.29 is 4.74 Å². The molecule has 0 radical (unpaired) electrons. The minimum Gasteiger partial charge on any atom is -0.497 e. The van der Waals surface area contributed by atoms with Crippen LogP contribution >= 0.6 is 0 Å². The van der Waals surface area contributed by atoms with Gasteiger partial charge in [-0.2, -0.15) is 4.98 Å². The van der Waals surface area contributed by atoms with Gasteiger partial charge in [0.2, 0.25) is 0 Å². The fourth-order valence-corrected chi connectivity index (χ4v) is 1.32. The summed E-state index contributed by atoms with van der Waals surface area (Å²) in [5.41, 5.74) is 6.07. The average molecular weight is 217 g/mol. The van der Waals surface area contributed by atoms with E-state index in [1.165, 1.54) is 12.5 Å². The summed E-state index contributed by atoms with van der Waals surface area (Å²) in [6.45, 7) is 0. The predicted molar refractivity (Wildman–Crippen MR) is 60.8 cm³/mol. The molecule has 0 saturated heterocycles. The molecule has 0 bridgehead atoms. The van der Waals surface area contributed by atoms with Crippen molar-refractivity contribution in [3.8, 4) is 11.4 Å². The van der Waals surface area contributed by atoms with Gasteiger partial charge in [0, 0.05) is 11.9 Å². The van der Waals surface area contributed by atoms with Crippen molar-refractivity contribution in [2.24, 2.45) is 0 Å². The van der Waals surface area contributed by atoms with Crippen LogP contribution < -0.4 is 16.0 Å². The maximum absolute atomic E-state index is 11.0. The lowest BCUT2D eigenvalue weighted by Gasteiger charge is -2.06. The number of nitrogens with two attached hydrogens (primary N) is 1. The lowest BCUT2D eigenvalue weighted by Crippen LogP contribution is -2.14. The number of ether oxygens (including phenoxy) is 1. The molecule has 1 aromatic heterocycles. The molecule has 0 aliphatic heterocycles. The van der Waals surface area contributed by atoms with Gasteiger partial charge < -0.3 is 15.0 Å². The van der Waals surface area contributed by atoms with E-state index in [0.717, 1.165) is 11.4 Å². The Bertz CT molecular complexity index is 546. The molecule has 1 heterocycles. The lowest BCUT2D eigenvalue weighted by atomic mass is 10.3. The van der Waals surface area contributed by atoms with Crippen LogP contribution in [0.5, 0.6) is 5.75 Å². The van der Waals surface area contributed by atoms with Crippen LogP contribution in [0.2, 0.25) is 0 Å². The molecule has 0 saturated carbocycles.